The van der Waals surface area contributed by atoms with Gasteiger partial charge in [0.1, 0.15) is 17.1 Å². The Morgan fingerprint density at radius 1 is 0.534 bits per heavy atom. The molecule has 0 aliphatic rings. The second-order valence-corrected chi connectivity index (χ2v) is 12.3. The van der Waals surface area contributed by atoms with E-state index < -0.39 is 9.85 Å². The molecule has 8 aromatic rings. The number of nitro groups is 2. The van der Waals surface area contributed by atoms with E-state index in [1.807, 2.05) is 97.1 Å². The van der Waals surface area contributed by atoms with Gasteiger partial charge < -0.3 is 34.3 Å². The van der Waals surface area contributed by atoms with E-state index in [1.165, 1.54) is 24.3 Å². The topological polar surface area (TPSA) is 174 Å². The minimum atomic E-state index is -0.457. The molecule has 0 radical (unpaired) electrons. The smallest absolute Gasteiger partial charge is 0.340 e. The molecule has 0 fully saturated rings. The number of ether oxygens (including phenoxy) is 2. The number of benzene rings is 6. The SMILES string of the molecule is COc1cc(-[n+]2nc(-c3ccccc3)nn2-c2ccc([N+](=O)[O-])cc2)ccc1-c1ccc(-[n+]2nc(-c3ccccc3)nn2-c2ccc([N+](=O)[O-])cc2)c(OC)c1.[Cl-].[Cl-]. The zero-order chi connectivity index (χ0) is 38.8. The summed E-state index contributed by atoms with van der Waals surface area (Å²) in [5.74, 6) is 1.87. The maximum Gasteiger partial charge on any atom is 0.340 e. The van der Waals surface area contributed by atoms with E-state index in [9.17, 15) is 20.2 Å². The third kappa shape index (κ3) is 7.77. The van der Waals surface area contributed by atoms with Gasteiger partial charge in [-0.05, 0) is 104 Å². The Kier molecular flexibility index (Phi) is 11.8. The zero-order valence-electron chi connectivity index (χ0n) is 30.5. The molecule has 0 amide bonds. The highest BCUT2D eigenvalue weighted by atomic mass is 35.5. The maximum atomic E-state index is 11.4. The molecule has 0 aliphatic heterocycles. The Hall–Kier alpha value is -7.56. The Balaban J connectivity index is 0.00000283. The minimum absolute atomic E-state index is 0. The van der Waals surface area contributed by atoms with Gasteiger partial charge in [0.2, 0.25) is 5.69 Å². The van der Waals surface area contributed by atoms with Crippen LogP contribution in [0.25, 0.3) is 56.7 Å². The average molecular weight is 818 g/mol. The van der Waals surface area contributed by atoms with Crippen molar-refractivity contribution in [3.05, 3.63) is 166 Å². The van der Waals surface area contributed by atoms with Crippen molar-refractivity contribution in [1.29, 1.82) is 0 Å². The summed E-state index contributed by atoms with van der Waals surface area (Å²) in [5.41, 5.74) is 5.26. The van der Waals surface area contributed by atoms with Gasteiger partial charge in [0.25, 0.3) is 11.4 Å². The van der Waals surface area contributed by atoms with Gasteiger partial charge in [0, 0.05) is 45.5 Å². The van der Waals surface area contributed by atoms with Crippen LogP contribution < -0.4 is 43.9 Å². The summed E-state index contributed by atoms with van der Waals surface area (Å²) < 4.78 is 11.8. The van der Waals surface area contributed by atoms with Crippen molar-refractivity contribution in [2.45, 2.75) is 0 Å². The molecule has 16 nitrogen and oxygen atoms in total. The van der Waals surface area contributed by atoms with E-state index in [1.54, 1.807) is 57.7 Å². The van der Waals surface area contributed by atoms with Crippen LogP contribution in [0, 0.1) is 20.2 Å². The molecule has 8 rings (SSSR count). The highest BCUT2D eigenvalue weighted by Crippen LogP contribution is 2.35. The van der Waals surface area contributed by atoms with Crippen LogP contribution >= 0.6 is 0 Å². The summed E-state index contributed by atoms with van der Waals surface area (Å²) in [6.07, 6.45) is 0. The van der Waals surface area contributed by atoms with E-state index >= 15 is 0 Å². The van der Waals surface area contributed by atoms with Crippen LogP contribution in [-0.4, -0.2) is 54.1 Å². The van der Waals surface area contributed by atoms with Crippen molar-refractivity contribution in [3.8, 4) is 68.2 Å². The van der Waals surface area contributed by atoms with E-state index in [0.29, 0.717) is 45.9 Å². The zero-order valence-corrected chi connectivity index (χ0v) is 32.0. The second kappa shape index (κ2) is 17.1. The molecule has 0 unspecified atom stereocenters. The molecule has 0 spiro atoms. The fourth-order valence-electron chi connectivity index (χ4n) is 6.10. The number of hydrogen-bond donors (Lipinski definition) is 0. The van der Waals surface area contributed by atoms with Gasteiger partial charge in [0.05, 0.1) is 45.4 Å². The lowest BCUT2D eigenvalue weighted by Crippen LogP contribution is -3.00. The summed E-state index contributed by atoms with van der Waals surface area (Å²) in [5, 5.41) is 41.9. The molecule has 2 heterocycles. The van der Waals surface area contributed by atoms with Crippen molar-refractivity contribution in [1.82, 2.24) is 30.0 Å². The van der Waals surface area contributed by atoms with E-state index in [-0.39, 0.29) is 36.2 Å². The summed E-state index contributed by atoms with van der Waals surface area (Å²) in [7, 11) is 3.13. The number of non-ortho nitro benzene ring substituents is 2. The Morgan fingerprint density at radius 2 is 1.02 bits per heavy atom. The average Bonchev–Trinajstić information content (AvgIpc) is 3.90. The van der Waals surface area contributed by atoms with Gasteiger partial charge in [-0.3, -0.25) is 20.2 Å². The number of nitrogens with zero attached hydrogens (tertiary/aromatic N) is 10. The predicted molar refractivity (Wildman–Crippen MR) is 202 cm³/mol. The van der Waals surface area contributed by atoms with Gasteiger partial charge in [-0.15, -0.1) is 0 Å². The van der Waals surface area contributed by atoms with Gasteiger partial charge in [-0.25, -0.2) is 0 Å². The lowest BCUT2D eigenvalue weighted by molar-refractivity contribution is -0.734. The molecule has 2 aromatic heterocycles. The normalized spacial score (nSPS) is 10.6. The monoisotopic (exact) mass is 816 g/mol. The highest BCUT2D eigenvalue weighted by molar-refractivity contribution is 5.74. The molecule has 0 saturated heterocycles. The number of rotatable bonds is 11. The lowest BCUT2D eigenvalue weighted by atomic mass is 10.0. The molecule has 0 saturated carbocycles. The molecule has 0 atom stereocenters. The molecule has 290 valence electrons. The van der Waals surface area contributed by atoms with Crippen LogP contribution in [0.3, 0.4) is 0 Å². The largest absolute Gasteiger partial charge is 1.00 e. The second-order valence-electron chi connectivity index (χ2n) is 12.3. The van der Waals surface area contributed by atoms with Gasteiger partial charge >= 0.3 is 11.6 Å². The predicted octanol–water partition coefficient (Wildman–Crippen LogP) is 0.244. The molecule has 6 aromatic carbocycles. The molecular formula is C40H30Cl2N10O6. The van der Waals surface area contributed by atoms with Crippen LogP contribution in [-0.2, 0) is 0 Å². The lowest BCUT2D eigenvalue weighted by Gasteiger charge is -2.12. The minimum Gasteiger partial charge on any atom is -1.00 e. The van der Waals surface area contributed by atoms with Crippen LogP contribution in [0.1, 0.15) is 0 Å². The Morgan fingerprint density at radius 3 is 1.50 bits per heavy atom. The van der Waals surface area contributed by atoms with E-state index in [0.717, 1.165) is 22.3 Å². The highest BCUT2D eigenvalue weighted by Gasteiger charge is 2.28. The Bertz CT molecular complexity index is 2730. The molecule has 0 N–H and O–H groups in total. The first-order chi connectivity index (χ1) is 27.3. The first-order valence-corrected chi connectivity index (χ1v) is 17.1. The quantitative estimate of drug-likeness (QED) is 0.100. The van der Waals surface area contributed by atoms with Crippen molar-refractivity contribution >= 4 is 11.4 Å². The van der Waals surface area contributed by atoms with Crippen LogP contribution in [0.4, 0.5) is 11.4 Å². The standard InChI is InChI=1S/C40H30N10O6.2ClH/c1-55-37-26-34(47-43-39(27-9-5-3-6-10-27)41-45(47)30-14-18-32(19-15-30)49(51)52)22-23-35(37)29-13-24-36(38(25-29)56-2)48-44-40(28-11-7-4-8-12-28)42-46(48)31-16-20-33(21-17-31)50(53)54;;/h3-26H,1-2H3;2*1H/q+2;;/p-2. The molecule has 18 heteroatoms. The number of halogens is 2. The number of methoxy groups -OCH3 is 2. The van der Waals surface area contributed by atoms with Crippen molar-refractivity contribution in [2.75, 3.05) is 14.2 Å². The fraction of sp³-hybridized carbons (Fsp3) is 0.0500. The summed E-state index contributed by atoms with van der Waals surface area (Å²) in [6.45, 7) is 0. The third-order valence-electron chi connectivity index (χ3n) is 8.89. The van der Waals surface area contributed by atoms with Gasteiger partial charge in [-0.2, -0.15) is 0 Å². The number of aromatic nitrogens is 8. The van der Waals surface area contributed by atoms with E-state index in [4.69, 9.17) is 29.9 Å². The summed E-state index contributed by atoms with van der Waals surface area (Å²) in [4.78, 5) is 28.1. The fourth-order valence-corrected chi connectivity index (χ4v) is 6.10. The maximum absolute atomic E-state index is 11.4. The van der Waals surface area contributed by atoms with Crippen LogP contribution in [0.5, 0.6) is 11.5 Å². The van der Waals surface area contributed by atoms with Crippen molar-refractivity contribution < 1.29 is 53.7 Å². The number of hydrogen-bond acceptors (Lipinski definition) is 10. The first-order valence-electron chi connectivity index (χ1n) is 17.1. The van der Waals surface area contributed by atoms with Crippen LogP contribution in [0.2, 0.25) is 0 Å². The van der Waals surface area contributed by atoms with E-state index in [2.05, 4.69) is 0 Å². The number of tetrazole rings is 2. The van der Waals surface area contributed by atoms with Crippen molar-refractivity contribution in [2.24, 2.45) is 0 Å². The first kappa shape index (κ1) is 40.1. The van der Waals surface area contributed by atoms with Gasteiger partial charge in [0.15, 0.2) is 11.4 Å². The Labute approximate surface area is 342 Å². The number of nitro benzene ring substituents is 2. The molecule has 0 aliphatic carbocycles. The van der Waals surface area contributed by atoms with Crippen molar-refractivity contribution in [3.63, 3.8) is 0 Å². The van der Waals surface area contributed by atoms with Crippen LogP contribution in [0.15, 0.2) is 146 Å². The molecule has 58 heavy (non-hydrogen) atoms. The summed E-state index contributed by atoms with van der Waals surface area (Å²) >= 11 is 0. The summed E-state index contributed by atoms with van der Waals surface area (Å²) in [6, 6.07) is 42.2. The molecular weight excluding hydrogens is 787 g/mol. The third-order valence-corrected chi connectivity index (χ3v) is 8.89. The molecule has 0 bridgehead atoms. The van der Waals surface area contributed by atoms with Gasteiger partial charge in [-0.1, -0.05) is 36.4 Å².